The minimum Gasteiger partial charge on any atom is -0.445 e. The Morgan fingerprint density at radius 1 is 1.24 bits per heavy atom. The highest BCUT2D eigenvalue weighted by atomic mass is 79.9. The summed E-state index contributed by atoms with van der Waals surface area (Å²) in [5.41, 5.74) is 3.47. The molecule has 1 amide bonds. The van der Waals surface area contributed by atoms with Gasteiger partial charge in [-0.25, -0.2) is 4.79 Å². The second-order valence-electron chi connectivity index (χ2n) is 5.14. The number of rotatable bonds is 3. The van der Waals surface area contributed by atoms with Crippen molar-refractivity contribution < 1.29 is 9.53 Å². The van der Waals surface area contributed by atoms with Crippen LogP contribution in [0.5, 0.6) is 0 Å². The van der Waals surface area contributed by atoms with Crippen molar-refractivity contribution in [2.75, 3.05) is 0 Å². The third kappa shape index (κ3) is 3.45. The van der Waals surface area contributed by atoms with Crippen LogP contribution in [0, 0.1) is 0 Å². The number of fused-ring (bicyclic) bond motifs is 1. The lowest BCUT2D eigenvalue weighted by atomic mass is 10.1. The van der Waals surface area contributed by atoms with Gasteiger partial charge in [0.25, 0.3) is 0 Å². The molecule has 4 heteroatoms. The first-order valence-electron chi connectivity index (χ1n) is 6.98. The number of alkyl carbamates (subject to hydrolysis) is 1. The molecule has 1 N–H and O–H groups in total. The van der Waals surface area contributed by atoms with Gasteiger partial charge in [0.05, 0.1) is 6.04 Å². The maximum Gasteiger partial charge on any atom is 0.407 e. The van der Waals surface area contributed by atoms with Gasteiger partial charge in [0.15, 0.2) is 0 Å². The third-order valence-electron chi connectivity index (χ3n) is 3.69. The van der Waals surface area contributed by atoms with E-state index in [4.69, 9.17) is 4.74 Å². The molecule has 1 aliphatic rings. The van der Waals surface area contributed by atoms with Gasteiger partial charge in [-0.15, -0.1) is 0 Å². The largest absolute Gasteiger partial charge is 0.445 e. The van der Waals surface area contributed by atoms with E-state index in [1.54, 1.807) is 0 Å². The maximum atomic E-state index is 11.9. The number of amides is 1. The van der Waals surface area contributed by atoms with Crippen LogP contribution in [-0.2, 0) is 17.8 Å². The molecule has 0 aromatic heterocycles. The fraction of sp³-hybridized carbons (Fsp3) is 0.235. The summed E-state index contributed by atoms with van der Waals surface area (Å²) in [7, 11) is 0. The number of hydrogen-bond donors (Lipinski definition) is 1. The minimum absolute atomic E-state index is 0.0522. The Kier molecular flexibility index (Phi) is 4.25. The Labute approximate surface area is 132 Å². The van der Waals surface area contributed by atoms with Crippen molar-refractivity contribution in [3.8, 4) is 0 Å². The molecule has 1 atom stereocenters. The first-order valence-corrected chi connectivity index (χ1v) is 7.77. The van der Waals surface area contributed by atoms with E-state index >= 15 is 0 Å². The van der Waals surface area contributed by atoms with E-state index in [0.717, 1.165) is 22.9 Å². The molecular weight excluding hydrogens is 330 g/mol. The van der Waals surface area contributed by atoms with Gasteiger partial charge in [-0.1, -0.05) is 52.3 Å². The van der Waals surface area contributed by atoms with E-state index in [-0.39, 0.29) is 12.1 Å². The average molecular weight is 346 g/mol. The molecule has 3 rings (SSSR count). The quantitative estimate of drug-likeness (QED) is 0.897. The molecule has 21 heavy (non-hydrogen) atoms. The van der Waals surface area contributed by atoms with Gasteiger partial charge in [0.2, 0.25) is 0 Å². The second kappa shape index (κ2) is 6.31. The van der Waals surface area contributed by atoms with Crippen molar-refractivity contribution in [3.05, 3.63) is 69.7 Å². The molecule has 0 bridgehead atoms. The van der Waals surface area contributed by atoms with E-state index in [1.807, 2.05) is 36.4 Å². The number of carbonyl (C=O) groups excluding carboxylic acids is 1. The zero-order valence-electron chi connectivity index (χ0n) is 11.5. The van der Waals surface area contributed by atoms with Crippen molar-refractivity contribution in [3.63, 3.8) is 0 Å². The Morgan fingerprint density at radius 2 is 2.05 bits per heavy atom. The van der Waals surface area contributed by atoms with Gasteiger partial charge in [-0.3, -0.25) is 0 Å². The van der Waals surface area contributed by atoms with Crippen LogP contribution in [0.2, 0.25) is 0 Å². The molecule has 2 aromatic rings. The number of aryl methyl sites for hydroxylation is 1. The summed E-state index contributed by atoms with van der Waals surface area (Å²) in [6, 6.07) is 15.9. The van der Waals surface area contributed by atoms with E-state index in [2.05, 4.69) is 33.4 Å². The molecule has 2 aromatic carbocycles. The first-order chi connectivity index (χ1) is 10.2. The Morgan fingerprint density at radius 3 is 2.86 bits per heavy atom. The zero-order chi connectivity index (χ0) is 14.7. The van der Waals surface area contributed by atoms with Gasteiger partial charge < -0.3 is 10.1 Å². The van der Waals surface area contributed by atoms with Crippen LogP contribution in [0.1, 0.15) is 29.2 Å². The summed E-state index contributed by atoms with van der Waals surface area (Å²) in [6.07, 6.45) is 1.55. The van der Waals surface area contributed by atoms with Gasteiger partial charge in [-0.05, 0) is 41.7 Å². The monoisotopic (exact) mass is 345 g/mol. The van der Waals surface area contributed by atoms with E-state index in [0.29, 0.717) is 6.61 Å². The second-order valence-corrected chi connectivity index (χ2v) is 6.06. The van der Waals surface area contributed by atoms with Crippen molar-refractivity contribution in [1.29, 1.82) is 0 Å². The standard InChI is InChI=1S/C17H16BrNO2/c18-14-7-8-15-13(10-14)6-9-16(15)19-17(20)21-11-12-4-2-1-3-5-12/h1-5,7-8,10,16H,6,9,11H2,(H,19,20)/t16-/m0/s1. The predicted octanol–water partition coefficient (Wildman–Crippen LogP) is 4.36. The summed E-state index contributed by atoms with van der Waals surface area (Å²) in [5.74, 6) is 0. The van der Waals surface area contributed by atoms with Crippen LogP contribution in [0.3, 0.4) is 0 Å². The number of benzene rings is 2. The van der Waals surface area contributed by atoms with Crippen LogP contribution in [0.15, 0.2) is 53.0 Å². The van der Waals surface area contributed by atoms with Crippen molar-refractivity contribution in [1.82, 2.24) is 5.32 Å². The SMILES string of the molecule is O=C(N[C@H]1CCc2cc(Br)ccc21)OCc1ccccc1. The van der Waals surface area contributed by atoms with Crippen molar-refractivity contribution >= 4 is 22.0 Å². The number of halogens is 1. The van der Waals surface area contributed by atoms with E-state index < -0.39 is 0 Å². The lowest BCUT2D eigenvalue weighted by Crippen LogP contribution is -2.27. The maximum absolute atomic E-state index is 11.9. The number of carbonyl (C=O) groups is 1. The summed E-state index contributed by atoms with van der Waals surface area (Å²) >= 11 is 3.47. The van der Waals surface area contributed by atoms with Crippen LogP contribution in [0.25, 0.3) is 0 Å². The number of ether oxygens (including phenoxy) is 1. The molecule has 0 heterocycles. The summed E-state index contributed by atoms with van der Waals surface area (Å²) in [4.78, 5) is 11.9. The molecular formula is C17H16BrNO2. The van der Waals surface area contributed by atoms with Gasteiger partial charge in [-0.2, -0.15) is 0 Å². The van der Waals surface area contributed by atoms with Gasteiger partial charge >= 0.3 is 6.09 Å². The highest BCUT2D eigenvalue weighted by molar-refractivity contribution is 9.10. The van der Waals surface area contributed by atoms with Gasteiger partial charge in [0, 0.05) is 4.47 Å². The molecule has 0 spiro atoms. The van der Waals surface area contributed by atoms with E-state index in [1.165, 1.54) is 11.1 Å². The third-order valence-corrected chi connectivity index (χ3v) is 4.18. The van der Waals surface area contributed by atoms with Crippen LogP contribution in [0.4, 0.5) is 4.79 Å². The lowest BCUT2D eigenvalue weighted by Gasteiger charge is -2.14. The first kappa shape index (κ1) is 14.1. The fourth-order valence-corrected chi connectivity index (χ4v) is 3.05. The predicted molar refractivity (Wildman–Crippen MR) is 85.0 cm³/mol. The zero-order valence-corrected chi connectivity index (χ0v) is 13.1. The fourth-order valence-electron chi connectivity index (χ4n) is 2.64. The molecule has 0 saturated heterocycles. The highest BCUT2D eigenvalue weighted by Crippen LogP contribution is 2.32. The topological polar surface area (TPSA) is 38.3 Å². The average Bonchev–Trinajstić information content (AvgIpc) is 2.88. The van der Waals surface area contributed by atoms with Crippen LogP contribution in [-0.4, -0.2) is 6.09 Å². The Bertz CT molecular complexity index is 642. The molecule has 0 fully saturated rings. The molecule has 108 valence electrons. The number of hydrogen-bond acceptors (Lipinski definition) is 2. The Balaban J connectivity index is 1.57. The van der Waals surface area contributed by atoms with Crippen LogP contribution >= 0.6 is 15.9 Å². The lowest BCUT2D eigenvalue weighted by molar-refractivity contribution is 0.135. The van der Waals surface area contributed by atoms with Gasteiger partial charge in [0.1, 0.15) is 6.61 Å². The van der Waals surface area contributed by atoms with E-state index in [9.17, 15) is 4.79 Å². The summed E-state index contributed by atoms with van der Waals surface area (Å²) < 4.78 is 6.35. The number of nitrogens with one attached hydrogen (secondary N) is 1. The van der Waals surface area contributed by atoms with Crippen molar-refractivity contribution in [2.45, 2.75) is 25.5 Å². The van der Waals surface area contributed by atoms with Crippen molar-refractivity contribution in [2.24, 2.45) is 0 Å². The molecule has 0 saturated carbocycles. The molecule has 0 aliphatic heterocycles. The summed E-state index contributed by atoms with van der Waals surface area (Å²) in [6.45, 7) is 0.298. The molecule has 1 aliphatic carbocycles. The highest BCUT2D eigenvalue weighted by Gasteiger charge is 2.24. The molecule has 3 nitrogen and oxygen atoms in total. The smallest absolute Gasteiger partial charge is 0.407 e. The normalized spacial score (nSPS) is 16.3. The van der Waals surface area contributed by atoms with Crippen LogP contribution < -0.4 is 5.32 Å². The summed E-state index contributed by atoms with van der Waals surface area (Å²) in [5, 5.41) is 2.95. The minimum atomic E-state index is -0.361. The molecule has 0 radical (unpaired) electrons. The Hall–Kier alpha value is -1.81. The molecule has 0 unspecified atom stereocenters.